The van der Waals surface area contributed by atoms with Gasteiger partial charge in [-0.1, -0.05) is 32.4 Å². The van der Waals surface area contributed by atoms with Gasteiger partial charge in [-0.25, -0.2) is 0 Å². The quantitative estimate of drug-likeness (QED) is 0.432. The largest absolute Gasteiger partial charge is 0.508 e. The molecule has 0 unspecified atom stereocenters. The summed E-state index contributed by atoms with van der Waals surface area (Å²) in [6, 6.07) is 5.15. The summed E-state index contributed by atoms with van der Waals surface area (Å²) < 4.78 is 5.24. The van der Waals surface area contributed by atoms with Crippen molar-refractivity contribution in [1.82, 2.24) is 0 Å². The van der Waals surface area contributed by atoms with E-state index in [2.05, 4.69) is 33.8 Å². The SMILES string of the molecule is CC(=O)Oc1ccc(O)c(C[C@]2(C)[C@H]3CCC=C(C)[C@]3(C)CC[C@@H]2C)c1. The number of benzene rings is 1. The predicted molar refractivity (Wildman–Crippen MR) is 104 cm³/mol. The van der Waals surface area contributed by atoms with Crippen molar-refractivity contribution >= 4 is 5.97 Å². The van der Waals surface area contributed by atoms with Crippen molar-refractivity contribution in [2.45, 2.75) is 66.7 Å². The maximum absolute atomic E-state index is 11.3. The van der Waals surface area contributed by atoms with Gasteiger partial charge in [0.1, 0.15) is 11.5 Å². The molecule has 0 aliphatic heterocycles. The highest BCUT2D eigenvalue weighted by Gasteiger charge is 2.53. The van der Waals surface area contributed by atoms with Crippen molar-refractivity contribution in [2.24, 2.45) is 22.7 Å². The fourth-order valence-corrected chi connectivity index (χ4v) is 5.55. The van der Waals surface area contributed by atoms with E-state index in [4.69, 9.17) is 4.74 Å². The number of phenols is 1. The molecule has 142 valence electrons. The molecule has 3 rings (SSSR count). The Morgan fingerprint density at radius 2 is 2.04 bits per heavy atom. The highest BCUT2D eigenvalue weighted by Crippen LogP contribution is 2.61. The molecule has 1 N–H and O–H groups in total. The molecule has 1 saturated carbocycles. The third kappa shape index (κ3) is 3.17. The molecule has 3 nitrogen and oxygen atoms in total. The van der Waals surface area contributed by atoms with Gasteiger partial charge in [0.2, 0.25) is 0 Å². The summed E-state index contributed by atoms with van der Waals surface area (Å²) in [7, 11) is 0. The highest BCUT2D eigenvalue weighted by atomic mass is 16.5. The van der Waals surface area contributed by atoms with Gasteiger partial charge < -0.3 is 9.84 Å². The minimum atomic E-state index is -0.334. The van der Waals surface area contributed by atoms with Crippen molar-refractivity contribution in [3.8, 4) is 11.5 Å². The van der Waals surface area contributed by atoms with Gasteiger partial charge in [-0.05, 0) is 85.5 Å². The fourth-order valence-electron chi connectivity index (χ4n) is 5.55. The lowest BCUT2D eigenvalue weighted by molar-refractivity contribution is -0.131. The summed E-state index contributed by atoms with van der Waals surface area (Å²) in [5, 5.41) is 10.5. The lowest BCUT2D eigenvalue weighted by Gasteiger charge is -2.58. The molecule has 0 saturated heterocycles. The molecular weight excluding hydrogens is 324 g/mol. The van der Waals surface area contributed by atoms with Crippen LogP contribution >= 0.6 is 0 Å². The third-order valence-electron chi connectivity index (χ3n) is 7.48. The van der Waals surface area contributed by atoms with Gasteiger partial charge in [-0.3, -0.25) is 4.79 Å². The second-order valence-electron chi connectivity index (χ2n) is 8.94. The normalized spacial score (nSPS) is 34.0. The molecule has 1 aromatic rings. The zero-order valence-electron chi connectivity index (χ0n) is 16.8. The van der Waals surface area contributed by atoms with Crippen LogP contribution < -0.4 is 4.74 Å². The van der Waals surface area contributed by atoms with Crippen LogP contribution in [0.1, 0.15) is 65.9 Å². The molecule has 2 aliphatic rings. The van der Waals surface area contributed by atoms with E-state index in [-0.39, 0.29) is 16.8 Å². The number of phenolic OH excluding ortho intramolecular Hbond substituents is 1. The lowest BCUT2D eigenvalue weighted by Crippen LogP contribution is -2.50. The molecular formula is C23H32O3. The summed E-state index contributed by atoms with van der Waals surface area (Å²) in [6.45, 7) is 10.9. The Hall–Kier alpha value is -1.77. The van der Waals surface area contributed by atoms with Gasteiger partial charge in [0, 0.05) is 6.92 Å². The number of ether oxygens (including phenoxy) is 1. The third-order valence-corrected chi connectivity index (χ3v) is 7.48. The highest BCUT2D eigenvalue weighted by molar-refractivity contribution is 5.69. The van der Waals surface area contributed by atoms with Crippen LogP contribution in [0.5, 0.6) is 11.5 Å². The molecule has 0 aromatic heterocycles. The monoisotopic (exact) mass is 356 g/mol. The number of allylic oxidation sites excluding steroid dienone is 2. The summed E-state index contributed by atoms with van der Waals surface area (Å²) in [6.07, 6.45) is 8.04. The molecule has 1 aromatic carbocycles. The Morgan fingerprint density at radius 1 is 1.31 bits per heavy atom. The summed E-state index contributed by atoms with van der Waals surface area (Å²) in [4.78, 5) is 11.3. The molecule has 2 aliphatic carbocycles. The van der Waals surface area contributed by atoms with E-state index in [1.807, 2.05) is 6.07 Å². The zero-order chi connectivity index (χ0) is 19.1. The van der Waals surface area contributed by atoms with Gasteiger partial charge in [0.15, 0.2) is 0 Å². The first-order valence-corrected chi connectivity index (χ1v) is 9.84. The number of hydrogen-bond acceptors (Lipinski definition) is 3. The Balaban J connectivity index is 1.97. The summed E-state index contributed by atoms with van der Waals surface area (Å²) in [5.41, 5.74) is 2.77. The number of fused-ring (bicyclic) bond motifs is 1. The van der Waals surface area contributed by atoms with Crippen LogP contribution in [0.4, 0.5) is 0 Å². The number of carbonyl (C=O) groups excluding carboxylic acids is 1. The minimum Gasteiger partial charge on any atom is -0.508 e. The van der Waals surface area contributed by atoms with Crippen molar-refractivity contribution in [1.29, 1.82) is 0 Å². The van der Waals surface area contributed by atoms with E-state index < -0.39 is 0 Å². The van der Waals surface area contributed by atoms with E-state index in [0.29, 0.717) is 23.3 Å². The van der Waals surface area contributed by atoms with Crippen molar-refractivity contribution in [3.05, 3.63) is 35.4 Å². The van der Waals surface area contributed by atoms with Crippen LogP contribution in [0.15, 0.2) is 29.8 Å². The minimum absolute atomic E-state index is 0.106. The summed E-state index contributed by atoms with van der Waals surface area (Å²) >= 11 is 0. The summed E-state index contributed by atoms with van der Waals surface area (Å²) in [5.74, 6) is 1.66. The number of esters is 1. The second kappa shape index (κ2) is 6.75. The van der Waals surface area contributed by atoms with E-state index in [1.165, 1.54) is 31.8 Å². The molecule has 4 atom stereocenters. The van der Waals surface area contributed by atoms with Crippen LogP contribution in [0.3, 0.4) is 0 Å². The molecule has 3 heteroatoms. The van der Waals surface area contributed by atoms with Crippen LogP contribution in [0.2, 0.25) is 0 Å². The maximum Gasteiger partial charge on any atom is 0.308 e. The zero-order valence-corrected chi connectivity index (χ0v) is 16.8. The van der Waals surface area contributed by atoms with Gasteiger partial charge in [0.25, 0.3) is 0 Å². The smallest absolute Gasteiger partial charge is 0.308 e. The molecule has 26 heavy (non-hydrogen) atoms. The first-order valence-electron chi connectivity index (χ1n) is 9.84. The van der Waals surface area contributed by atoms with E-state index in [1.54, 1.807) is 12.1 Å². The maximum atomic E-state index is 11.3. The van der Waals surface area contributed by atoms with E-state index in [0.717, 1.165) is 18.4 Å². The Labute approximate surface area is 157 Å². The van der Waals surface area contributed by atoms with Gasteiger partial charge >= 0.3 is 5.97 Å². The standard InChI is InChI=1S/C23H32O3/c1-15-7-6-8-21-22(15,4)12-11-16(2)23(21,5)14-18-13-19(26-17(3)24)9-10-20(18)25/h7,9-10,13,16,21,25H,6,8,11-12,14H2,1-5H3/t16-,21-,22-,23-/m0/s1. The van der Waals surface area contributed by atoms with Crippen LogP contribution in [0.25, 0.3) is 0 Å². The van der Waals surface area contributed by atoms with Crippen molar-refractivity contribution < 1.29 is 14.6 Å². The number of aromatic hydroxyl groups is 1. The van der Waals surface area contributed by atoms with Gasteiger partial charge in [-0.2, -0.15) is 0 Å². The predicted octanol–water partition coefficient (Wildman–Crippen LogP) is 5.66. The number of rotatable bonds is 3. The van der Waals surface area contributed by atoms with Crippen molar-refractivity contribution in [3.63, 3.8) is 0 Å². The van der Waals surface area contributed by atoms with E-state index >= 15 is 0 Å². The number of carbonyl (C=O) groups is 1. The topological polar surface area (TPSA) is 46.5 Å². The molecule has 0 spiro atoms. The van der Waals surface area contributed by atoms with Crippen LogP contribution in [0, 0.1) is 22.7 Å². The molecule has 0 heterocycles. The van der Waals surface area contributed by atoms with Gasteiger partial charge in [0.05, 0.1) is 0 Å². The fraction of sp³-hybridized carbons (Fsp3) is 0.609. The lowest BCUT2D eigenvalue weighted by atomic mass is 9.47. The average molecular weight is 357 g/mol. The Morgan fingerprint density at radius 3 is 2.73 bits per heavy atom. The van der Waals surface area contributed by atoms with E-state index in [9.17, 15) is 9.90 Å². The Kier molecular flexibility index (Phi) is 4.94. The molecule has 0 radical (unpaired) electrons. The van der Waals surface area contributed by atoms with Crippen LogP contribution in [-0.2, 0) is 11.2 Å². The number of hydrogen-bond donors (Lipinski definition) is 1. The average Bonchev–Trinajstić information content (AvgIpc) is 2.56. The van der Waals surface area contributed by atoms with Crippen LogP contribution in [-0.4, -0.2) is 11.1 Å². The second-order valence-corrected chi connectivity index (χ2v) is 8.94. The van der Waals surface area contributed by atoms with Crippen molar-refractivity contribution in [2.75, 3.05) is 0 Å². The Bertz CT molecular complexity index is 735. The molecule has 0 bridgehead atoms. The van der Waals surface area contributed by atoms with Gasteiger partial charge in [-0.15, -0.1) is 0 Å². The first-order chi connectivity index (χ1) is 12.2. The first kappa shape index (κ1) is 19.0. The molecule has 1 fully saturated rings. The molecule has 0 amide bonds.